The Bertz CT molecular complexity index is 682. The van der Waals surface area contributed by atoms with Crippen molar-refractivity contribution in [3.8, 4) is 5.75 Å². The van der Waals surface area contributed by atoms with E-state index in [4.69, 9.17) is 9.47 Å². The lowest BCUT2D eigenvalue weighted by Crippen LogP contribution is -2.38. The summed E-state index contributed by atoms with van der Waals surface area (Å²) in [5.41, 5.74) is 0.935. The lowest BCUT2D eigenvalue weighted by molar-refractivity contribution is -0.122. The highest BCUT2D eigenvalue weighted by molar-refractivity contribution is 5.93. The summed E-state index contributed by atoms with van der Waals surface area (Å²) in [7, 11) is 0. The molecular formula is C23H36N4O3. The number of carbonyl (C=O) groups is 1. The zero-order valence-corrected chi connectivity index (χ0v) is 18.3. The number of nitrogens with one attached hydrogen (secondary N) is 3. The quantitative estimate of drug-likeness (QED) is 0.261. The molecule has 0 spiro atoms. The molecule has 1 aromatic rings. The van der Waals surface area contributed by atoms with Gasteiger partial charge in [-0.1, -0.05) is 0 Å². The van der Waals surface area contributed by atoms with Gasteiger partial charge in [-0.15, -0.1) is 0 Å². The van der Waals surface area contributed by atoms with Gasteiger partial charge in [0.15, 0.2) is 5.96 Å². The monoisotopic (exact) mass is 416 g/mol. The van der Waals surface area contributed by atoms with Gasteiger partial charge in [0.25, 0.3) is 0 Å². The summed E-state index contributed by atoms with van der Waals surface area (Å²) in [6.45, 7) is 7.54. The summed E-state index contributed by atoms with van der Waals surface area (Å²) >= 11 is 0. The maximum Gasteiger partial charge on any atom is 0.223 e. The molecule has 0 atom stereocenters. The average molecular weight is 417 g/mol. The van der Waals surface area contributed by atoms with Gasteiger partial charge in [0, 0.05) is 44.5 Å². The van der Waals surface area contributed by atoms with E-state index in [9.17, 15) is 4.79 Å². The highest BCUT2D eigenvalue weighted by atomic mass is 16.5. The Morgan fingerprint density at radius 2 is 1.83 bits per heavy atom. The third-order valence-corrected chi connectivity index (χ3v) is 4.92. The predicted molar refractivity (Wildman–Crippen MR) is 120 cm³/mol. The van der Waals surface area contributed by atoms with Gasteiger partial charge >= 0.3 is 0 Å². The van der Waals surface area contributed by atoms with Crippen LogP contribution in [0, 0.1) is 11.8 Å². The van der Waals surface area contributed by atoms with Crippen molar-refractivity contribution in [3.05, 3.63) is 24.3 Å². The van der Waals surface area contributed by atoms with Crippen LogP contribution in [0.5, 0.6) is 5.75 Å². The van der Waals surface area contributed by atoms with Crippen molar-refractivity contribution in [1.82, 2.24) is 10.6 Å². The SMILES string of the molecule is CC(C)Oc1ccc(NC(=NCCCOCC2CC2)NCCNC(=O)C2CC2)cc1. The van der Waals surface area contributed by atoms with Crippen LogP contribution in [-0.4, -0.2) is 50.8 Å². The van der Waals surface area contributed by atoms with E-state index in [1.54, 1.807) is 0 Å². The first-order valence-electron chi connectivity index (χ1n) is 11.3. The first-order chi connectivity index (χ1) is 14.6. The van der Waals surface area contributed by atoms with Crippen molar-refractivity contribution in [2.45, 2.75) is 52.1 Å². The number of guanidine groups is 1. The van der Waals surface area contributed by atoms with Gasteiger partial charge < -0.3 is 25.4 Å². The van der Waals surface area contributed by atoms with Gasteiger partial charge in [0.2, 0.25) is 5.91 Å². The number of carbonyl (C=O) groups excluding carboxylic acids is 1. The Hall–Kier alpha value is -2.28. The number of anilines is 1. The van der Waals surface area contributed by atoms with E-state index in [0.29, 0.717) is 25.6 Å². The maximum atomic E-state index is 11.8. The molecule has 0 bridgehead atoms. The molecule has 30 heavy (non-hydrogen) atoms. The molecule has 7 heteroatoms. The molecule has 0 aromatic heterocycles. The zero-order valence-electron chi connectivity index (χ0n) is 18.3. The molecule has 2 saturated carbocycles. The van der Waals surface area contributed by atoms with E-state index >= 15 is 0 Å². The van der Waals surface area contributed by atoms with E-state index in [2.05, 4.69) is 20.9 Å². The molecule has 0 unspecified atom stereocenters. The van der Waals surface area contributed by atoms with Crippen molar-refractivity contribution in [3.63, 3.8) is 0 Å². The molecule has 0 saturated heterocycles. The number of aliphatic imine (C=N–C) groups is 1. The second-order valence-corrected chi connectivity index (χ2v) is 8.41. The fourth-order valence-corrected chi connectivity index (χ4v) is 2.91. The van der Waals surface area contributed by atoms with Crippen molar-refractivity contribution in [1.29, 1.82) is 0 Å². The second kappa shape index (κ2) is 11.8. The minimum atomic E-state index is 0.149. The van der Waals surface area contributed by atoms with Crippen LogP contribution in [0.2, 0.25) is 0 Å². The number of benzene rings is 1. The summed E-state index contributed by atoms with van der Waals surface area (Å²) < 4.78 is 11.4. The van der Waals surface area contributed by atoms with Crippen LogP contribution in [0.25, 0.3) is 0 Å². The molecule has 0 heterocycles. The van der Waals surface area contributed by atoms with Crippen molar-refractivity contribution < 1.29 is 14.3 Å². The number of hydrogen-bond acceptors (Lipinski definition) is 4. The molecular weight excluding hydrogens is 380 g/mol. The van der Waals surface area contributed by atoms with Gasteiger partial charge in [0.1, 0.15) is 5.75 Å². The molecule has 1 aromatic carbocycles. The molecule has 0 aliphatic heterocycles. The minimum absolute atomic E-state index is 0.149. The van der Waals surface area contributed by atoms with Crippen LogP contribution < -0.4 is 20.7 Å². The number of rotatable bonds is 13. The van der Waals surface area contributed by atoms with E-state index in [1.165, 1.54) is 12.8 Å². The van der Waals surface area contributed by atoms with Crippen LogP contribution in [-0.2, 0) is 9.53 Å². The third-order valence-electron chi connectivity index (χ3n) is 4.92. The van der Waals surface area contributed by atoms with Gasteiger partial charge in [-0.05, 0) is 76.1 Å². The lowest BCUT2D eigenvalue weighted by Gasteiger charge is -2.14. The smallest absolute Gasteiger partial charge is 0.223 e. The molecule has 7 nitrogen and oxygen atoms in total. The minimum Gasteiger partial charge on any atom is -0.491 e. The van der Waals surface area contributed by atoms with Crippen LogP contribution in [0.15, 0.2) is 29.3 Å². The Morgan fingerprint density at radius 3 is 2.50 bits per heavy atom. The fraction of sp³-hybridized carbons (Fsp3) is 0.652. The first kappa shape index (κ1) is 22.4. The molecule has 1 amide bonds. The van der Waals surface area contributed by atoms with Crippen LogP contribution in [0.1, 0.15) is 46.0 Å². The maximum absolute atomic E-state index is 11.8. The van der Waals surface area contributed by atoms with Crippen LogP contribution >= 0.6 is 0 Å². The molecule has 166 valence electrons. The summed E-state index contributed by atoms with van der Waals surface area (Å²) in [6.07, 6.45) is 5.71. The first-order valence-corrected chi connectivity index (χ1v) is 11.3. The van der Waals surface area contributed by atoms with Gasteiger partial charge in [0.05, 0.1) is 6.10 Å². The van der Waals surface area contributed by atoms with Gasteiger partial charge in [-0.25, -0.2) is 0 Å². The number of ether oxygens (including phenoxy) is 2. The molecule has 3 N–H and O–H groups in total. The average Bonchev–Trinajstić information content (AvgIpc) is 3.62. The standard InChI is InChI=1S/C23H36N4O3/c1-17(2)30-21-10-8-20(9-11-21)27-23(25-12-3-15-29-16-18-4-5-18)26-14-13-24-22(28)19-6-7-19/h8-11,17-19H,3-7,12-16H2,1-2H3,(H,24,28)(H2,25,26,27). The lowest BCUT2D eigenvalue weighted by atomic mass is 10.3. The number of nitrogens with zero attached hydrogens (tertiary/aromatic N) is 1. The van der Waals surface area contributed by atoms with Crippen LogP contribution in [0.3, 0.4) is 0 Å². The van der Waals surface area contributed by atoms with Crippen LogP contribution in [0.4, 0.5) is 5.69 Å². The van der Waals surface area contributed by atoms with Crippen molar-refractivity contribution in [2.75, 3.05) is 38.2 Å². The third kappa shape index (κ3) is 9.03. The normalized spacial score (nSPS) is 16.4. The highest BCUT2D eigenvalue weighted by Crippen LogP contribution is 2.29. The number of hydrogen-bond donors (Lipinski definition) is 3. The van der Waals surface area contributed by atoms with Gasteiger partial charge in [-0.2, -0.15) is 0 Å². The molecule has 2 aliphatic rings. The zero-order chi connectivity index (χ0) is 21.2. The second-order valence-electron chi connectivity index (χ2n) is 8.41. The Kier molecular flexibility index (Phi) is 8.81. The van der Waals surface area contributed by atoms with E-state index in [-0.39, 0.29) is 17.9 Å². The summed E-state index contributed by atoms with van der Waals surface area (Å²) in [4.78, 5) is 16.4. The summed E-state index contributed by atoms with van der Waals surface area (Å²) in [6, 6.07) is 7.84. The molecule has 2 fully saturated rings. The molecule has 3 rings (SSSR count). The fourth-order valence-electron chi connectivity index (χ4n) is 2.91. The van der Waals surface area contributed by atoms with E-state index in [0.717, 1.165) is 49.8 Å². The number of amides is 1. The topological polar surface area (TPSA) is 84.0 Å². The molecule has 2 aliphatic carbocycles. The summed E-state index contributed by atoms with van der Waals surface area (Å²) in [5, 5.41) is 9.60. The van der Waals surface area contributed by atoms with E-state index in [1.807, 2.05) is 38.1 Å². The van der Waals surface area contributed by atoms with Crippen molar-refractivity contribution >= 4 is 17.6 Å². The van der Waals surface area contributed by atoms with Gasteiger partial charge in [-0.3, -0.25) is 9.79 Å². The highest BCUT2D eigenvalue weighted by Gasteiger charge is 2.29. The van der Waals surface area contributed by atoms with E-state index < -0.39 is 0 Å². The Balaban J connectivity index is 1.43. The molecule has 0 radical (unpaired) electrons. The van der Waals surface area contributed by atoms with Crippen molar-refractivity contribution in [2.24, 2.45) is 16.8 Å². The Morgan fingerprint density at radius 1 is 1.10 bits per heavy atom. The predicted octanol–water partition coefficient (Wildman–Crippen LogP) is 3.17. The Labute approximate surface area is 180 Å². The largest absolute Gasteiger partial charge is 0.491 e. The summed E-state index contributed by atoms with van der Waals surface area (Å²) in [5.74, 6) is 2.74.